The van der Waals surface area contributed by atoms with Gasteiger partial charge in [0.2, 0.25) is 0 Å². The minimum Gasteiger partial charge on any atom is -0.479 e. The predicted octanol–water partition coefficient (Wildman–Crippen LogP) is 4.09. The summed E-state index contributed by atoms with van der Waals surface area (Å²) in [6, 6.07) is 13.5. The minimum absolute atomic E-state index is 0.178. The van der Waals surface area contributed by atoms with Gasteiger partial charge in [-0.3, -0.25) is 4.79 Å². The van der Waals surface area contributed by atoms with Crippen LogP contribution in [0.3, 0.4) is 0 Å². The van der Waals surface area contributed by atoms with Crippen molar-refractivity contribution in [2.24, 2.45) is 0 Å². The van der Waals surface area contributed by atoms with Crippen molar-refractivity contribution in [3.63, 3.8) is 0 Å². The molecule has 0 spiro atoms. The van der Waals surface area contributed by atoms with Gasteiger partial charge in [-0.15, -0.1) is 0 Å². The molecular formula is C18H15ClO4. The maximum atomic E-state index is 12.1. The molecule has 23 heavy (non-hydrogen) atoms. The van der Waals surface area contributed by atoms with Crippen LogP contribution in [0.25, 0.3) is 6.08 Å². The predicted molar refractivity (Wildman–Crippen MR) is 89.0 cm³/mol. The van der Waals surface area contributed by atoms with Crippen molar-refractivity contribution in [2.45, 2.75) is 13.0 Å². The largest absolute Gasteiger partial charge is 0.479 e. The van der Waals surface area contributed by atoms with Crippen molar-refractivity contribution in [1.82, 2.24) is 0 Å². The quantitative estimate of drug-likeness (QED) is 0.640. The summed E-state index contributed by atoms with van der Waals surface area (Å²) in [5.41, 5.74) is 1.24. The van der Waals surface area contributed by atoms with Crippen LogP contribution in [0.2, 0.25) is 5.02 Å². The first-order chi connectivity index (χ1) is 11.0. The highest BCUT2D eigenvalue weighted by Gasteiger charge is 2.12. The minimum atomic E-state index is -1.05. The van der Waals surface area contributed by atoms with Crippen LogP contribution in [0, 0.1) is 0 Å². The molecule has 0 amide bonds. The average Bonchev–Trinajstić information content (AvgIpc) is 2.54. The molecule has 0 aliphatic rings. The van der Waals surface area contributed by atoms with E-state index < -0.39 is 12.1 Å². The number of halogens is 1. The van der Waals surface area contributed by atoms with Gasteiger partial charge in [0, 0.05) is 10.6 Å². The molecule has 2 rings (SSSR count). The Hall–Kier alpha value is -2.59. The second kappa shape index (κ2) is 7.61. The number of carbonyl (C=O) groups excluding carboxylic acids is 1. The lowest BCUT2D eigenvalue weighted by molar-refractivity contribution is -0.144. The molecule has 0 heterocycles. The number of benzene rings is 2. The third-order valence-electron chi connectivity index (χ3n) is 3.12. The molecule has 5 heteroatoms. The lowest BCUT2D eigenvalue weighted by Gasteiger charge is -2.10. The number of carboxylic acids is 1. The monoisotopic (exact) mass is 330 g/mol. The van der Waals surface area contributed by atoms with Crippen LogP contribution in [-0.4, -0.2) is 23.0 Å². The van der Waals surface area contributed by atoms with Crippen molar-refractivity contribution < 1.29 is 19.4 Å². The van der Waals surface area contributed by atoms with E-state index in [1.807, 2.05) is 18.2 Å². The number of ether oxygens (including phenoxy) is 1. The van der Waals surface area contributed by atoms with Crippen LogP contribution in [-0.2, 0) is 4.79 Å². The molecule has 1 atom stereocenters. The molecule has 0 aromatic heterocycles. The number of rotatable bonds is 6. The molecule has 2 aromatic rings. The normalized spacial score (nSPS) is 12.1. The molecule has 0 aliphatic carbocycles. The van der Waals surface area contributed by atoms with Gasteiger partial charge in [-0.2, -0.15) is 0 Å². The van der Waals surface area contributed by atoms with E-state index >= 15 is 0 Å². The van der Waals surface area contributed by atoms with Crippen LogP contribution < -0.4 is 4.74 Å². The molecule has 0 bridgehead atoms. The highest BCUT2D eigenvalue weighted by atomic mass is 35.5. The Balaban J connectivity index is 2.06. The van der Waals surface area contributed by atoms with Gasteiger partial charge < -0.3 is 9.84 Å². The Morgan fingerprint density at radius 3 is 2.39 bits per heavy atom. The van der Waals surface area contributed by atoms with Crippen molar-refractivity contribution >= 4 is 29.4 Å². The fourth-order valence-electron chi connectivity index (χ4n) is 1.82. The molecule has 0 radical (unpaired) electrons. The number of carboxylic acid groups (broad SMARTS) is 1. The third-order valence-corrected chi connectivity index (χ3v) is 3.46. The van der Waals surface area contributed by atoms with Crippen LogP contribution in [0.5, 0.6) is 5.75 Å². The number of ketones is 1. The second-order valence-corrected chi connectivity index (χ2v) is 5.25. The van der Waals surface area contributed by atoms with E-state index in [4.69, 9.17) is 21.4 Å². The molecule has 0 aliphatic heterocycles. The van der Waals surface area contributed by atoms with E-state index in [1.165, 1.54) is 13.0 Å². The zero-order chi connectivity index (χ0) is 16.8. The summed E-state index contributed by atoms with van der Waals surface area (Å²) in [5.74, 6) is -0.831. The van der Waals surface area contributed by atoms with Gasteiger partial charge in [0.1, 0.15) is 5.75 Å². The van der Waals surface area contributed by atoms with Crippen molar-refractivity contribution in [3.8, 4) is 5.75 Å². The second-order valence-electron chi connectivity index (χ2n) is 4.84. The molecule has 1 N–H and O–H groups in total. The van der Waals surface area contributed by atoms with Gasteiger partial charge in [-0.05, 0) is 55.0 Å². The van der Waals surface area contributed by atoms with E-state index in [0.717, 1.165) is 5.56 Å². The SMILES string of the molecule is CC(Oc1ccc(C(=O)/C=C/c2ccccc2Cl)cc1)C(=O)O. The lowest BCUT2D eigenvalue weighted by atomic mass is 10.1. The van der Waals surface area contributed by atoms with Crippen molar-refractivity contribution in [3.05, 3.63) is 70.8 Å². The lowest BCUT2D eigenvalue weighted by Crippen LogP contribution is -2.22. The van der Waals surface area contributed by atoms with Gasteiger partial charge in [-0.25, -0.2) is 4.79 Å². The fraction of sp³-hybridized carbons (Fsp3) is 0.111. The first kappa shape index (κ1) is 16.8. The highest BCUT2D eigenvalue weighted by molar-refractivity contribution is 6.32. The van der Waals surface area contributed by atoms with Crippen molar-refractivity contribution in [1.29, 1.82) is 0 Å². The number of allylic oxidation sites excluding steroid dienone is 1. The number of hydrogen-bond donors (Lipinski definition) is 1. The summed E-state index contributed by atoms with van der Waals surface area (Å²) in [6.07, 6.45) is 2.15. The third kappa shape index (κ3) is 4.69. The molecule has 2 aromatic carbocycles. The molecule has 118 valence electrons. The smallest absolute Gasteiger partial charge is 0.344 e. The summed E-state index contributed by atoms with van der Waals surface area (Å²) in [5, 5.41) is 9.36. The van der Waals surface area contributed by atoms with E-state index in [-0.39, 0.29) is 5.78 Å². The summed E-state index contributed by atoms with van der Waals surface area (Å²) in [7, 11) is 0. The number of carbonyl (C=O) groups is 2. The molecule has 0 saturated heterocycles. The van der Waals surface area contributed by atoms with Crippen LogP contribution in [0.1, 0.15) is 22.8 Å². The van der Waals surface area contributed by atoms with Gasteiger partial charge >= 0.3 is 5.97 Å². The molecule has 4 nitrogen and oxygen atoms in total. The number of aliphatic carboxylic acids is 1. The Morgan fingerprint density at radius 1 is 1.13 bits per heavy atom. The molecule has 0 fully saturated rings. The van der Waals surface area contributed by atoms with Gasteiger partial charge in [0.05, 0.1) is 0 Å². The van der Waals surface area contributed by atoms with Crippen molar-refractivity contribution in [2.75, 3.05) is 0 Å². The Kier molecular flexibility index (Phi) is 5.55. The Morgan fingerprint density at radius 2 is 1.78 bits per heavy atom. The maximum absolute atomic E-state index is 12.1. The summed E-state index contributed by atoms with van der Waals surface area (Å²) in [6.45, 7) is 1.44. The van der Waals surface area contributed by atoms with Crippen LogP contribution in [0.15, 0.2) is 54.6 Å². The van der Waals surface area contributed by atoms with E-state index in [1.54, 1.807) is 36.4 Å². The summed E-state index contributed by atoms with van der Waals surface area (Å²) in [4.78, 5) is 22.8. The van der Waals surface area contributed by atoms with Gasteiger partial charge in [-0.1, -0.05) is 29.8 Å². The summed E-state index contributed by atoms with van der Waals surface area (Å²) >= 11 is 6.02. The van der Waals surface area contributed by atoms with E-state index in [2.05, 4.69) is 0 Å². The molecule has 1 unspecified atom stereocenters. The topological polar surface area (TPSA) is 63.6 Å². The van der Waals surface area contributed by atoms with E-state index in [9.17, 15) is 9.59 Å². The zero-order valence-corrected chi connectivity index (χ0v) is 13.2. The first-order valence-electron chi connectivity index (χ1n) is 6.94. The van der Waals surface area contributed by atoms with E-state index in [0.29, 0.717) is 16.3 Å². The van der Waals surface area contributed by atoms with Gasteiger partial charge in [0.15, 0.2) is 11.9 Å². The number of hydrogen-bond acceptors (Lipinski definition) is 3. The highest BCUT2D eigenvalue weighted by Crippen LogP contribution is 2.18. The molecule has 0 saturated carbocycles. The van der Waals surface area contributed by atoms with Crippen LogP contribution >= 0.6 is 11.6 Å². The average molecular weight is 331 g/mol. The Labute approximate surface area is 139 Å². The molecular weight excluding hydrogens is 316 g/mol. The maximum Gasteiger partial charge on any atom is 0.344 e. The van der Waals surface area contributed by atoms with Crippen LogP contribution in [0.4, 0.5) is 0 Å². The zero-order valence-electron chi connectivity index (χ0n) is 12.4. The summed E-state index contributed by atoms with van der Waals surface area (Å²) < 4.78 is 5.21. The first-order valence-corrected chi connectivity index (χ1v) is 7.31. The Bertz CT molecular complexity index is 735. The van der Waals surface area contributed by atoms with Gasteiger partial charge in [0.25, 0.3) is 0 Å². The fourth-order valence-corrected chi connectivity index (χ4v) is 2.02. The standard InChI is InChI=1S/C18H15ClO4/c1-12(18(21)22)23-15-9-6-14(7-10-15)17(20)11-8-13-4-2-3-5-16(13)19/h2-12H,1H3,(H,21,22)/b11-8+.